The number of aryl methyl sites for hydroxylation is 1. The van der Waals surface area contributed by atoms with Gasteiger partial charge in [-0.15, -0.1) is 0 Å². The smallest absolute Gasteiger partial charge is 0.230 e. The molecular formula is C16H23N3OS2. The minimum Gasteiger partial charge on any atom is -0.370 e. The second-order valence-corrected chi connectivity index (χ2v) is 7.36. The van der Waals surface area contributed by atoms with E-state index < -0.39 is 0 Å². The largest absolute Gasteiger partial charge is 0.370 e. The number of hydrogen-bond acceptors (Lipinski definition) is 5. The Labute approximate surface area is 141 Å². The van der Waals surface area contributed by atoms with E-state index in [1.54, 1.807) is 23.5 Å². The molecule has 0 radical (unpaired) electrons. The van der Waals surface area contributed by atoms with E-state index in [0.29, 0.717) is 12.3 Å². The number of carbonyl (C=O) groups is 1. The molecule has 0 spiro atoms. The summed E-state index contributed by atoms with van der Waals surface area (Å²) >= 11 is 3.28. The summed E-state index contributed by atoms with van der Waals surface area (Å²) in [6.07, 6.45) is 0. The molecule has 0 atom stereocenters. The lowest BCUT2D eigenvalue weighted by molar-refractivity contribution is -0.118. The number of nitrogens with zero attached hydrogens (tertiary/aromatic N) is 2. The Balaban J connectivity index is 1.70. The first-order chi connectivity index (χ1) is 10.7. The molecule has 1 N–H and O–H groups in total. The van der Waals surface area contributed by atoms with E-state index in [9.17, 15) is 4.79 Å². The number of likely N-dealkylation sites (N-methyl/N-ethyl adjacent to an activating group) is 1. The van der Waals surface area contributed by atoms with Gasteiger partial charge in [-0.25, -0.2) is 0 Å². The maximum atomic E-state index is 11.8. The van der Waals surface area contributed by atoms with Gasteiger partial charge in [0.1, 0.15) is 4.38 Å². The number of anilines is 1. The van der Waals surface area contributed by atoms with Gasteiger partial charge in [-0.2, -0.15) is 0 Å². The summed E-state index contributed by atoms with van der Waals surface area (Å²) in [5, 5.41) is 2.99. The minimum absolute atomic E-state index is 0.0838. The molecule has 1 aliphatic heterocycles. The molecule has 0 saturated heterocycles. The molecule has 0 aromatic heterocycles. The molecule has 1 amide bonds. The van der Waals surface area contributed by atoms with Crippen molar-refractivity contribution in [3.05, 3.63) is 29.8 Å². The van der Waals surface area contributed by atoms with Crippen LogP contribution in [0.4, 0.5) is 5.69 Å². The second kappa shape index (κ2) is 9.10. The number of benzene rings is 1. The van der Waals surface area contributed by atoms with Crippen LogP contribution in [0.25, 0.3) is 0 Å². The molecule has 1 aromatic carbocycles. The topological polar surface area (TPSA) is 44.7 Å². The van der Waals surface area contributed by atoms with Crippen molar-refractivity contribution in [1.29, 1.82) is 0 Å². The Morgan fingerprint density at radius 3 is 3.05 bits per heavy atom. The van der Waals surface area contributed by atoms with Crippen LogP contribution in [0, 0.1) is 6.92 Å². The normalized spacial score (nSPS) is 13.8. The summed E-state index contributed by atoms with van der Waals surface area (Å²) in [6, 6.07) is 8.46. The Morgan fingerprint density at radius 2 is 2.36 bits per heavy atom. The van der Waals surface area contributed by atoms with E-state index in [1.165, 1.54) is 11.3 Å². The molecule has 1 aromatic rings. The van der Waals surface area contributed by atoms with Gasteiger partial charge in [0.25, 0.3) is 0 Å². The van der Waals surface area contributed by atoms with Gasteiger partial charge in [0.05, 0.1) is 12.3 Å². The average molecular weight is 338 g/mol. The Kier molecular flexibility index (Phi) is 7.12. The quantitative estimate of drug-likeness (QED) is 0.831. The molecule has 120 valence electrons. The first-order valence-electron chi connectivity index (χ1n) is 7.57. The van der Waals surface area contributed by atoms with Crippen molar-refractivity contribution in [1.82, 2.24) is 5.32 Å². The number of amides is 1. The number of carbonyl (C=O) groups excluding carboxylic acids is 1. The highest BCUT2D eigenvalue weighted by molar-refractivity contribution is 8.39. The van der Waals surface area contributed by atoms with Gasteiger partial charge >= 0.3 is 0 Å². The Bertz CT molecular complexity index is 534. The molecule has 0 fully saturated rings. The lowest BCUT2D eigenvalue weighted by Gasteiger charge is -2.23. The van der Waals surface area contributed by atoms with Crippen molar-refractivity contribution < 1.29 is 4.79 Å². The SMILES string of the molecule is CCN(CCNC(=O)CSC1=NCCS1)c1cccc(C)c1. The van der Waals surface area contributed by atoms with Crippen molar-refractivity contribution in [2.45, 2.75) is 13.8 Å². The third kappa shape index (κ3) is 5.57. The molecule has 22 heavy (non-hydrogen) atoms. The third-order valence-corrected chi connectivity index (χ3v) is 5.59. The predicted molar refractivity (Wildman–Crippen MR) is 99.3 cm³/mol. The van der Waals surface area contributed by atoms with Crippen molar-refractivity contribution in [3.63, 3.8) is 0 Å². The van der Waals surface area contributed by atoms with Gasteiger partial charge in [-0.3, -0.25) is 9.79 Å². The summed E-state index contributed by atoms with van der Waals surface area (Å²) < 4.78 is 1.05. The van der Waals surface area contributed by atoms with Crippen LogP contribution in [0.2, 0.25) is 0 Å². The third-order valence-electron chi connectivity index (χ3n) is 3.34. The van der Waals surface area contributed by atoms with E-state index in [0.717, 1.165) is 29.8 Å². The molecule has 0 aliphatic carbocycles. The van der Waals surface area contributed by atoms with Gasteiger partial charge in [0, 0.05) is 31.1 Å². The molecule has 0 unspecified atom stereocenters. The van der Waals surface area contributed by atoms with Crippen LogP contribution in [0.5, 0.6) is 0 Å². The molecule has 0 bridgehead atoms. The summed E-state index contributed by atoms with van der Waals surface area (Å²) in [5.74, 6) is 1.59. The summed E-state index contributed by atoms with van der Waals surface area (Å²) in [7, 11) is 0. The van der Waals surface area contributed by atoms with Crippen LogP contribution in [-0.4, -0.2) is 48.0 Å². The van der Waals surface area contributed by atoms with Crippen molar-refractivity contribution in [3.8, 4) is 0 Å². The standard InChI is InChI=1S/C16H23N3OS2/c1-3-19(14-6-4-5-13(2)11-14)9-7-17-15(20)12-22-16-18-8-10-21-16/h4-6,11H,3,7-10,12H2,1-2H3,(H,17,20). The fraction of sp³-hybridized carbons (Fsp3) is 0.500. The highest BCUT2D eigenvalue weighted by Gasteiger charge is 2.10. The van der Waals surface area contributed by atoms with Crippen molar-refractivity contribution >= 4 is 39.5 Å². The lowest BCUT2D eigenvalue weighted by atomic mass is 10.2. The van der Waals surface area contributed by atoms with Crippen molar-refractivity contribution in [2.24, 2.45) is 4.99 Å². The van der Waals surface area contributed by atoms with Gasteiger partial charge in [-0.05, 0) is 31.5 Å². The van der Waals surface area contributed by atoms with Crippen LogP contribution in [0.15, 0.2) is 29.3 Å². The fourth-order valence-electron chi connectivity index (χ4n) is 2.21. The maximum Gasteiger partial charge on any atom is 0.230 e. The summed E-state index contributed by atoms with van der Waals surface area (Å²) in [5.41, 5.74) is 2.47. The van der Waals surface area contributed by atoms with E-state index >= 15 is 0 Å². The molecule has 1 heterocycles. The van der Waals surface area contributed by atoms with Gasteiger partial charge in [0.2, 0.25) is 5.91 Å². The van der Waals surface area contributed by atoms with Crippen molar-refractivity contribution in [2.75, 3.05) is 42.6 Å². The molecule has 2 rings (SSSR count). The molecule has 4 nitrogen and oxygen atoms in total. The van der Waals surface area contributed by atoms with E-state index in [2.05, 4.69) is 53.3 Å². The van der Waals surface area contributed by atoms with Crippen LogP contribution in [0.3, 0.4) is 0 Å². The predicted octanol–water partition coefficient (Wildman–Crippen LogP) is 2.77. The van der Waals surface area contributed by atoms with Crippen LogP contribution in [0.1, 0.15) is 12.5 Å². The van der Waals surface area contributed by atoms with Gasteiger partial charge in [0.15, 0.2) is 0 Å². The minimum atomic E-state index is 0.0838. The van der Waals surface area contributed by atoms with Crippen LogP contribution < -0.4 is 10.2 Å². The first kappa shape index (κ1) is 17.2. The molecule has 0 saturated carbocycles. The average Bonchev–Trinajstić information content (AvgIpc) is 3.03. The number of hydrogen-bond donors (Lipinski definition) is 1. The summed E-state index contributed by atoms with van der Waals surface area (Å²) in [4.78, 5) is 18.5. The van der Waals surface area contributed by atoms with Crippen LogP contribution in [-0.2, 0) is 4.79 Å². The maximum absolute atomic E-state index is 11.8. The molecular weight excluding hydrogens is 314 g/mol. The summed E-state index contributed by atoms with van der Waals surface area (Å²) in [6.45, 7) is 7.54. The fourth-order valence-corrected chi connectivity index (χ4v) is 4.04. The highest BCUT2D eigenvalue weighted by atomic mass is 32.2. The molecule has 1 aliphatic rings. The lowest BCUT2D eigenvalue weighted by Crippen LogP contribution is -2.35. The monoisotopic (exact) mass is 337 g/mol. The second-order valence-electron chi connectivity index (χ2n) is 5.05. The Morgan fingerprint density at radius 1 is 1.50 bits per heavy atom. The van der Waals surface area contributed by atoms with Gasteiger partial charge < -0.3 is 10.2 Å². The zero-order valence-electron chi connectivity index (χ0n) is 13.2. The number of thioether (sulfide) groups is 2. The van der Waals surface area contributed by atoms with E-state index in [4.69, 9.17) is 0 Å². The number of nitrogens with one attached hydrogen (secondary N) is 1. The van der Waals surface area contributed by atoms with E-state index in [1.807, 2.05) is 0 Å². The number of aliphatic imine (C=N–C) groups is 1. The Hall–Kier alpha value is -1.14. The van der Waals surface area contributed by atoms with E-state index in [-0.39, 0.29) is 5.91 Å². The zero-order chi connectivity index (χ0) is 15.8. The zero-order valence-corrected chi connectivity index (χ0v) is 14.8. The highest BCUT2D eigenvalue weighted by Crippen LogP contribution is 2.21. The van der Waals surface area contributed by atoms with Crippen LogP contribution >= 0.6 is 23.5 Å². The van der Waals surface area contributed by atoms with Gasteiger partial charge in [-0.1, -0.05) is 35.7 Å². The first-order valence-corrected chi connectivity index (χ1v) is 9.54. The number of rotatable bonds is 7. The molecule has 6 heteroatoms.